The van der Waals surface area contributed by atoms with Gasteiger partial charge in [0.2, 0.25) is 0 Å². The fourth-order valence-electron chi connectivity index (χ4n) is 2.92. The van der Waals surface area contributed by atoms with Crippen molar-refractivity contribution in [3.8, 4) is 16.2 Å². The Labute approximate surface area is 167 Å². The lowest BCUT2D eigenvalue weighted by Crippen LogP contribution is -2.31. The second kappa shape index (κ2) is 8.97. The van der Waals surface area contributed by atoms with E-state index in [0.717, 1.165) is 21.1 Å². The first-order chi connectivity index (χ1) is 13.5. The Hall–Kier alpha value is -2.74. The van der Waals surface area contributed by atoms with Crippen molar-refractivity contribution in [3.63, 3.8) is 0 Å². The number of hydrogen-bond donors (Lipinski definition) is 2. The number of nitro benzene ring substituents is 1. The lowest BCUT2D eigenvalue weighted by atomic mass is 10.0. The summed E-state index contributed by atoms with van der Waals surface area (Å²) in [6, 6.07) is 17.8. The lowest BCUT2D eigenvalue weighted by Gasteiger charge is -2.20. The molecule has 0 fully saturated rings. The minimum absolute atomic E-state index is 0.104. The number of rotatable bonds is 8. The Kier molecular flexibility index (Phi) is 6.41. The molecule has 3 aromatic rings. The van der Waals surface area contributed by atoms with Gasteiger partial charge in [0.15, 0.2) is 0 Å². The first-order valence-corrected chi connectivity index (χ1v) is 9.69. The van der Waals surface area contributed by atoms with Crippen molar-refractivity contribution in [3.05, 3.63) is 81.2 Å². The smallest absolute Gasteiger partial charge is 0.278 e. The third kappa shape index (κ3) is 4.56. The van der Waals surface area contributed by atoms with Gasteiger partial charge in [-0.1, -0.05) is 24.3 Å². The molecule has 0 unspecified atom stereocenters. The summed E-state index contributed by atoms with van der Waals surface area (Å²) in [7, 11) is 1.61. The molecule has 7 heteroatoms. The summed E-state index contributed by atoms with van der Waals surface area (Å²) in [6.07, 6.45) is -0.652. The summed E-state index contributed by atoms with van der Waals surface area (Å²) < 4.78 is 5.14. The predicted molar refractivity (Wildman–Crippen MR) is 111 cm³/mol. The van der Waals surface area contributed by atoms with E-state index in [2.05, 4.69) is 5.32 Å². The van der Waals surface area contributed by atoms with Crippen molar-refractivity contribution in [2.75, 3.05) is 7.11 Å². The zero-order valence-electron chi connectivity index (χ0n) is 15.7. The summed E-state index contributed by atoms with van der Waals surface area (Å²) in [6.45, 7) is 2.49. The molecule has 28 heavy (non-hydrogen) atoms. The SMILES string of the molecule is COc1ccc([C@H](O)[C@@H](C)NCc2ccc(-c3ccccc3[N+](=O)[O-])s2)cc1. The van der Waals surface area contributed by atoms with Gasteiger partial charge >= 0.3 is 0 Å². The minimum Gasteiger partial charge on any atom is -0.497 e. The number of nitrogens with one attached hydrogen (secondary N) is 1. The number of nitro groups is 1. The highest BCUT2D eigenvalue weighted by Crippen LogP contribution is 2.34. The van der Waals surface area contributed by atoms with Crippen LogP contribution in [0.1, 0.15) is 23.5 Å². The molecule has 1 heterocycles. The number of aliphatic hydroxyl groups is 1. The van der Waals surface area contributed by atoms with E-state index in [0.29, 0.717) is 12.1 Å². The molecule has 1 aromatic heterocycles. The Morgan fingerprint density at radius 2 is 1.86 bits per heavy atom. The first-order valence-electron chi connectivity index (χ1n) is 8.87. The molecule has 2 atom stereocenters. The van der Waals surface area contributed by atoms with Gasteiger partial charge in [-0.25, -0.2) is 0 Å². The minimum atomic E-state index is -0.652. The molecule has 0 radical (unpaired) electrons. The number of para-hydroxylation sites is 1. The molecule has 0 aliphatic rings. The van der Waals surface area contributed by atoms with Crippen LogP contribution in [0.4, 0.5) is 5.69 Å². The van der Waals surface area contributed by atoms with Crippen molar-refractivity contribution >= 4 is 17.0 Å². The molecular formula is C21H22N2O4S. The third-order valence-corrected chi connectivity index (χ3v) is 5.68. The van der Waals surface area contributed by atoms with Crippen LogP contribution in [0.15, 0.2) is 60.7 Å². The molecular weight excluding hydrogens is 376 g/mol. The number of benzene rings is 2. The molecule has 2 N–H and O–H groups in total. The summed E-state index contributed by atoms with van der Waals surface area (Å²) in [5, 5.41) is 25.1. The normalized spacial score (nSPS) is 13.1. The van der Waals surface area contributed by atoms with E-state index in [1.165, 1.54) is 17.4 Å². The molecule has 0 saturated carbocycles. The molecule has 0 aliphatic carbocycles. The van der Waals surface area contributed by atoms with Gasteiger partial charge < -0.3 is 15.2 Å². The van der Waals surface area contributed by atoms with Crippen molar-refractivity contribution in [2.45, 2.75) is 25.6 Å². The Balaban J connectivity index is 1.64. The average molecular weight is 398 g/mol. The molecule has 0 bridgehead atoms. The van der Waals surface area contributed by atoms with E-state index in [-0.39, 0.29) is 16.7 Å². The molecule has 3 rings (SSSR count). The standard InChI is InChI=1S/C21H22N2O4S/c1-14(21(24)15-7-9-16(27-2)10-8-15)22-13-17-11-12-20(28-17)18-5-3-4-6-19(18)23(25)26/h3-12,14,21-22,24H,13H2,1-2H3/t14-,21-/m1/s1. The quantitative estimate of drug-likeness (QED) is 0.430. The van der Waals surface area contributed by atoms with E-state index in [9.17, 15) is 15.2 Å². The summed E-state index contributed by atoms with van der Waals surface area (Å²) in [5.74, 6) is 0.748. The fourth-order valence-corrected chi connectivity index (χ4v) is 3.91. The van der Waals surface area contributed by atoms with Crippen LogP contribution in [0, 0.1) is 10.1 Å². The van der Waals surface area contributed by atoms with Gasteiger partial charge in [-0.05, 0) is 42.8 Å². The fraction of sp³-hybridized carbons (Fsp3) is 0.238. The maximum Gasteiger partial charge on any atom is 0.278 e. The molecule has 6 nitrogen and oxygen atoms in total. The summed E-state index contributed by atoms with van der Waals surface area (Å²) in [4.78, 5) is 12.8. The van der Waals surface area contributed by atoms with Crippen molar-refractivity contribution in [2.24, 2.45) is 0 Å². The summed E-state index contributed by atoms with van der Waals surface area (Å²) >= 11 is 1.51. The van der Waals surface area contributed by atoms with Gasteiger partial charge in [-0.15, -0.1) is 11.3 Å². The molecule has 0 amide bonds. The van der Waals surface area contributed by atoms with Gasteiger partial charge in [0.05, 0.1) is 23.7 Å². The monoisotopic (exact) mass is 398 g/mol. The maximum atomic E-state index is 11.2. The number of nitrogens with zero attached hydrogens (tertiary/aromatic N) is 1. The van der Waals surface area contributed by atoms with E-state index in [1.54, 1.807) is 25.3 Å². The Morgan fingerprint density at radius 3 is 2.54 bits per heavy atom. The third-order valence-electron chi connectivity index (χ3n) is 4.56. The highest BCUT2D eigenvalue weighted by Gasteiger charge is 2.18. The van der Waals surface area contributed by atoms with Crippen LogP contribution < -0.4 is 10.1 Å². The lowest BCUT2D eigenvalue weighted by molar-refractivity contribution is -0.384. The summed E-state index contributed by atoms with van der Waals surface area (Å²) in [5.41, 5.74) is 1.54. The van der Waals surface area contributed by atoms with Crippen LogP contribution in [0.25, 0.3) is 10.4 Å². The zero-order chi connectivity index (χ0) is 20.1. The van der Waals surface area contributed by atoms with Gasteiger partial charge in [0.25, 0.3) is 5.69 Å². The van der Waals surface area contributed by atoms with Gasteiger partial charge in [-0.3, -0.25) is 10.1 Å². The highest BCUT2D eigenvalue weighted by atomic mass is 32.1. The molecule has 0 spiro atoms. The van der Waals surface area contributed by atoms with Crippen LogP contribution in [-0.2, 0) is 6.54 Å². The largest absolute Gasteiger partial charge is 0.497 e. The van der Waals surface area contributed by atoms with Crippen LogP contribution in [0.5, 0.6) is 5.75 Å². The first kappa shape index (κ1) is 20.0. The van der Waals surface area contributed by atoms with Crippen LogP contribution >= 0.6 is 11.3 Å². The van der Waals surface area contributed by atoms with Crippen molar-refractivity contribution < 1.29 is 14.8 Å². The number of methoxy groups -OCH3 is 1. The maximum absolute atomic E-state index is 11.2. The van der Waals surface area contributed by atoms with Gasteiger partial charge in [0, 0.05) is 28.4 Å². The second-order valence-electron chi connectivity index (χ2n) is 6.43. The average Bonchev–Trinajstić information content (AvgIpc) is 3.20. The molecule has 0 saturated heterocycles. The highest BCUT2D eigenvalue weighted by molar-refractivity contribution is 7.15. The Bertz CT molecular complexity index is 940. The van der Waals surface area contributed by atoms with Crippen LogP contribution in [0.2, 0.25) is 0 Å². The Morgan fingerprint density at radius 1 is 1.14 bits per heavy atom. The molecule has 0 aliphatic heterocycles. The van der Waals surface area contributed by atoms with Crippen LogP contribution in [0.3, 0.4) is 0 Å². The predicted octanol–water partition coefficient (Wildman–Crippen LogP) is 4.54. The van der Waals surface area contributed by atoms with E-state index >= 15 is 0 Å². The molecule has 2 aromatic carbocycles. The zero-order valence-corrected chi connectivity index (χ0v) is 16.5. The van der Waals surface area contributed by atoms with E-state index in [1.807, 2.05) is 43.3 Å². The second-order valence-corrected chi connectivity index (χ2v) is 7.60. The van der Waals surface area contributed by atoms with Crippen molar-refractivity contribution in [1.82, 2.24) is 5.32 Å². The van der Waals surface area contributed by atoms with Gasteiger partial charge in [0.1, 0.15) is 5.75 Å². The molecule has 146 valence electrons. The van der Waals surface area contributed by atoms with E-state index < -0.39 is 6.10 Å². The number of thiophene rings is 1. The van der Waals surface area contributed by atoms with Crippen molar-refractivity contribution in [1.29, 1.82) is 0 Å². The number of ether oxygens (including phenoxy) is 1. The number of hydrogen-bond acceptors (Lipinski definition) is 6. The topological polar surface area (TPSA) is 84.6 Å². The van der Waals surface area contributed by atoms with E-state index in [4.69, 9.17) is 4.74 Å². The van der Waals surface area contributed by atoms with Crippen LogP contribution in [-0.4, -0.2) is 23.2 Å². The van der Waals surface area contributed by atoms with Gasteiger partial charge in [-0.2, -0.15) is 0 Å². The number of aliphatic hydroxyl groups excluding tert-OH is 1.